The van der Waals surface area contributed by atoms with Crippen molar-refractivity contribution < 1.29 is 146 Å². The summed E-state index contributed by atoms with van der Waals surface area (Å²) in [6.45, 7) is -4.52. The van der Waals surface area contributed by atoms with Crippen LogP contribution < -0.4 is 42.5 Å². The van der Waals surface area contributed by atoms with Gasteiger partial charge >= 0.3 is 60.8 Å². The summed E-state index contributed by atoms with van der Waals surface area (Å²) in [6.07, 6.45) is -0.954. The number of alkyl halides is 4. The fourth-order valence-electron chi connectivity index (χ4n) is 12.9. The number of nitriles is 2. The normalized spacial score (nSPS) is 17.6. The molecule has 2 unspecified atom stereocenters. The van der Waals surface area contributed by atoms with Gasteiger partial charge in [0.1, 0.15) is 18.1 Å². The minimum atomic E-state index is -3.28. The molecule has 4 atom stereocenters. The summed E-state index contributed by atoms with van der Waals surface area (Å²) in [6, 6.07) is 9.63. The number of carboxylic acid groups (broad SMARTS) is 4. The molecule has 3 fully saturated rings. The number of para-hydroxylation sites is 2. The van der Waals surface area contributed by atoms with E-state index in [0.717, 1.165) is 0 Å². The third-order valence-electron chi connectivity index (χ3n) is 18.7. The SMILES string of the molecule is C[N+]1(C(CCC(=O)NCCNC(=O)C(CCCCNC(=O)CCC(=O)Nc2cccc3c(C(=O)NCC(=O)N4CC(F)(F)C[C@H]4C#N)ccnc23)NC(=O)CCC(=O)Nc2cccc3c(C(=O)NCC(=O)N4CC(F)(F)C[C@H]4C#N)ccnc23)C(=O)O)CCN(CC(=O)O)CCN(CC(=O)O)CCN(CC(=O)O)CC1.[177Lu+3]. The molecular formula is C70H87F4LuN18O18+4. The molecule has 3 aliphatic rings. The van der Waals surface area contributed by atoms with Gasteiger partial charge < -0.3 is 77.2 Å². The van der Waals surface area contributed by atoms with E-state index in [4.69, 9.17) is 0 Å². The van der Waals surface area contributed by atoms with Gasteiger partial charge in [-0.15, -0.1) is 0 Å². The molecule has 0 saturated carbocycles. The number of halogens is 4. The number of amides is 10. The Bertz CT molecular complexity index is 4180. The first-order chi connectivity index (χ1) is 52.2. The average Bonchev–Trinajstić information content (AvgIpc) is 1.55. The van der Waals surface area contributed by atoms with Crippen LogP contribution in [-0.2, 0) is 57.5 Å². The van der Waals surface area contributed by atoms with Crippen LogP contribution in [0.15, 0.2) is 60.9 Å². The van der Waals surface area contributed by atoms with Gasteiger partial charge in [0.15, 0.2) is 6.04 Å². The zero-order chi connectivity index (χ0) is 80.5. The van der Waals surface area contributed by atoms with Crippen molar-refractivity contribution in [1.29, 1.82) is 10.5 Å². The monoisotopic (exact) mass is 1720 g/mol. The second-order valence-corrected chi connectivity index (χ2v) is 27.0. The van der Waals surface area contributed by atoms with Crippen molar-refractivity contribution in [3.05, 3.63) is 72.1 Å². The molecule has 0 spiro atoms. The smallest absolute Gasteiger partial charge is 0.480 e. The number of pyridine rings is 2. The van der Waals surface area contributed by atoms with E-state index in [9.17, 15) is 116 Å². The van der Waals surface area contributed by atoms with Crippen molar-refractivity contribution >= 4 is 116 Å². The fourth-order valence-corrected chi connectivity index (χ4v) is 12.9. The Morgan fingerprint density at radius 2 is 0.946 bits per heavy atom. The summed E-state index contributed by atoms with van der Waals surface area (Å²) >= 11 is 0. The molecule has 3 saturated heterocycles. The molecule has 604 valence electrons. The zero-order valence-corrected chi connectivity index (χ0v) is 62.0. The van der Waals surface area contributed by atoms with Gasteiger partial charge in [-0.3, -0.25) is 87.0 Å². The standard InChI is InChI=1S/C70H86F4N18O18.Lu/c1-92(30-28-88(39-61(102)103)26-24-87(38-60(100)101)25-27-89(29-31-92)40-62(104)105)52(68(109)110)11-12-53(93)78-22-23-81-67(108)51(86-57(97)16-15-56(96)85-50-10-5-7-46-48(18-21-80-64(46)50)66(107)83-37-59(99)91-42-70(73,74)33-44(91)35-76)8-2-3-19-77-54(94)13-14-55(95)84-49-9-4-6-45-47(17-20-79-63(45)49)65(106)82-36-58(98)90-41-69(71,72)32-43(90)34-75;/h4-7,9-10,17-18,20-21,43-44,51-52H,2-3,8,11-16,19,22-33,36-42H2,1H3,(H11-,77,78,81,82,83,84,85,86,93,94,95,96,97,100,101,102,103,104,105,106,107,108,109,110);/q;+3/p+1/t43-,44-,51?,52?;/m0./s1/i;1+2. The molecule has 0 aliphatic carbocycles. The molecule has 5 heterocycles. The van der Waals surface area contributed by atoms with Crippen molar-refractivity contribution in [3.63, 3.8) is 0 Å². The number of carboxylic acids is 4. The van der Waals surface area contributed by atoms with Crippen molar-refractivity contribution in [2.75, 3.05) is 135 Å². The molecule has 0 bridgehead atoms. The molecule has 7 rings (SSSR count). The Morgan fingerprint density at radius 3 is 1.39 bits per heavy atom. The first kappa shape index (κ1) is 89.5. The molecule has 111 heavy (non-hydrogen) atoms. The van der Waals surface area contributed by atoms with E-state index in [1.807, 2.05) is 0 Å². The van der Waals surface area contributed by atoms with E-state index in [1.54, 1.807) is 33.9 Å². The van der Waals surface area contributed by atoms with Crippen molar-refractivity contribution in [1.82, 2.24) is 66.4 Å². The number of benzene rings is 2. The summed E-state index contributed by atoms with van der Waals surface area (Å²) in [7, 11) is 1.61. The molecular weight excluding hydrogens is 1630 g/mol. The first-order valence-corrected chi connectivity index (χ1v) is 35.2. The Morgan fingerprint density at radius 1 is 0.532 bits per heavy atom. The molecule has 36 nitrogen and oxygen atoms in total. The summed E-state index contributed by atoms with van der Waals surface area (Å²) < 4.78 is 55.8. The summed E-state index contributed by atoms with van der Waals surface area (Å²) in [5.41, 5.74) is 0.550. The van der Waals surface area contributed by atoms with E-state index in [1.165, 1.54) is 60.9 Å². The van der Waals surface area contributed by atoms with Crippen LogP contribution in [-0.4, -0.2) is 303 Å². The number of nitrogens with one attached hydrogen (secondary N) is 8. The van der Waals surface area contributed by atoms with E-state index < -0.39 is 190 Å². The van der Waals surface area contributed by atoms with Gasteiger partial charge in [0, 0.05) is 133 Å². The van der Waals surface area contributed by atoms with Crippen LogP contribution in [0.25, 0.3) is 21.8 Å². The number of carbonyl (C=O) groups excluding carboxylic acids is 10. The molecule has 41 heteroatoms. The summed E-state index contributed by atoms with van der Waals surface area (Å²) in [4.78, 5) is 196. The van der Waals surface area contributed by atoms with Gasteiger partial charge in [-0.25, -0.2) is 22.4 Å². The third-order valence-corrected chi connectivity index (χ3v) is 18.7. The Hall–Kier alpha value is -10.4. The van der Waals surface area contributed by atoms with Crippen LogP contribution in [0.1, 0.15) is 91.3 Å². The number of likely N-dealkylation sites (N-methyl/N-ethyl adjacent to an activating group) is 1. The Labute approximate surface area is 662 Å². The number of quaternary nitrogens is 1. The maximum absolute atomic E-state index is 14.0. The number of hydrogen-bond acceptors (Lipinski definition) is 21. The predicted molar refractivity (Wildman–Crippen MR) is 379 cm³/mol. The Balaban J connectivity index is 0.0000192. The number of aliphatic carboxylic acids is 4. The van der Waals surface area contributed by atoms with E-state index in [-0.39, 0.29) is 203 Å². The van der Waals surface area contributed by atoms with Gasteiger partial charge in [0.05, 0.1) is 112 Å². The van der Waals surface area contributed by atoms with Crippen LogP contribution in [0.5, 0.6) is 0 Å². The van der Waals surface area contributed by atoms with Crippen LogP contribution in [0, 0.1) is 59.5 Å². The number of aromatic nitrogens is 2. The maximum atomic E-state index is 14.0. The molecule has 10 amide bonds. The number of nitrogens with zero attached hydrogens (tertiary/aromatic N) is 10. The number of likely N-dealkylation sites (tertiary alicyclic amines) is 2. The number of anilines is 2. The van der Waals surface area contributed by atoms with Crippen LogP contribution in [0.3, 0.4) is 0 Å². The van der Waals surface area contributed by atoms with E-state index >= 15 is 0 Å². The molecule has 4 aromatic rings. The molecule has 3 aliphatic heterocycles. The van der Waals surface area contributed by atoms with Crippen LogP contribution >= 0.6 is 0 Å². The van der Waals surface area contributed by atoms with Gasteiger partial charge in [-0.1, -0.05) is 24.3 Å². The van der Waals surface area contributed by atoms with Crippen LogP contribution in [0.2, 0.25) is 0 Å². The van der Waals surface area contributed by atoms with Gasteiger partial charge in [0.25, 0.3) is 23.7 Å². The van der Waals surface area contributed by atoms with E-state index in [0.29, 0.717) is 9.80 Å². The van der Waals surface area contributed by atoms with Crippen molar-refractivity contribution in [3.8, 4) is 12.1 Å². The molecule has 12 N–H and O–H groups in total. The molecule has 2 aromatic carbocycles. The zero-order valence-electron chi connectivity index (χ0n) is 60.3. The fraction of sp³-hybridized carbons (Fsp3) is 0.514. The number of unbranched alkanes of at least 4 members (excludes halogenated alkanes) is 1. The topological polar surface area (TPSA) is 506 Å². The maximum Gasteiger partial charge on any atom is 3.00 e. The minimum absolute atomic E-state index is 0. The van der Waals surface area contributed by atoms with Gasteiger partial charge in [-0.2, -0.15) is 10.5 Å². The quantitative estimate of drug-likeness (QED) is 0.0161. The number of hydrogen-bond donors (Lipinski definition) is 12. The second kappa shape index (κ2) is 42.1. The minimum Gasteiger partial charge on any atom is -0.480 e. The molecule has 0 radical (unpaired) electrons. The number of rotatable bonds is 35. The summed E-state index contributed by atoms with van der Waals surface area (Å²) in [5.74, 6) is -18.7. The van der Waals surface area contributed by atoms with Crippen molar-refractivity contribution in [2.24, 2.45) is 0 Å². The van der Waals surface area contributed by atoms with Crippen LogP contribution in [0.4, 0.5) is 28.9 Å². The Kier molecular flexibility index (Phi) is 34.0. The molecule has 2 aromatic heterocycles. The largest absolute Gasteiger partial charge is 3.00 e. The van der Waals surface area contributed by atoms with Gasteiger partial charge in [0.2, 0.25) is 47.3 Å². The number of fused-ring (bicyclic) bond motifs is 2. The third kappa shape index (κ3) is 27.5. The van der Waals surface area contributed by atoms with Gasteiger partial charge in [-0.05, 0) is 43.5 Å². The second-order valence-electron chi connectivity index (χ2n) is 27.0. The first-order valence-electron chi connectivity index (χ1n) is 35.2. The predicted octanol–water partition coefficient (Wildman–Crippen LogP) is -0.243. The van der Waals surface area contributed by atoms with Crippen molar-refractivity contribution in [2.45, 2.75) is 107 Å². The number of carbonyl (C=O) groups is 14. The van der Waals surface area contributed by atoms with E-state index in [2.05, 4.69) is 52.5 Å². The average molecular weight is 1720 g/mol. The summed E-state index contributed by atoms with van der Waals surface area (Å²) in [5, 5.41) is 79.2.